The molecule has 23 heavy (non-hydrogen) atoms. The van der Waals surface area contributed by atoms with E-state index in [4.69, 9.17) is 0 Å². The van der Waals surface area contributed by atoms with Gasteiger partial charge in [-0.15, -0.1) is 0 Å². The van der Waals surface area contributed by atoms with Crippen molar-refractivity contribution in [3.8, 4) is 0 Å². The zero-order chi connectivity index (χ0) is 17.2. The van der Waals surface area contributed by atoms with Crippen LogP contribution in [0, 0.1) is 16.0 Å². The van der Waals surface area contributed by atoms with E-state index in [9.17, 15) is 19.7 Å². The van der Waals surface area contributed by atoms with Gasteiger partial charge in [0.15, 0.2) is 0 Å². The second-order valence-electron chi connectivity index (χ2n) is 6.83. The van der Waals surface area contributed by atoms with Crippen LogP contribution in [0.5, 0.6) is 0 Å². The van der Waals surface area contributed by atoms with E-state index >= 15 is 0 Å². The Morgan fingerprint density at radius 2 is 1.70 bits per heavy atom. The van der Waals surface area contributed by atoms with Crippen LogP contribution in [0.4, 0.5) is 0 Å². The van der Waals surface area contributed by atoms with Crippen molar-refractivity contribution in [1.82, 2.24) is 4.90 Å². The number of amides is 2. The Morgan fingerprint density at radius 3 is 2.17 bits per heavy atom. The lowest BCUT2D eigenvalue weighted by Crippen LogP contribution is -2.33. The highest BCUT2D eigenvalue weighted by molar-refractivity contribution is 6.21. The van der Waals surface area contributed by atoms with Gasteiger partial charge >= 0.3 is 0 Å². The maximum atomic E-state index is 12.2. The summed E-state index contributed by atoms with van der Waals surface area (Å²) >= 11 is 0. The van der Waals surface area contributed by atoms with Gasteiger partial charge in [0.25, 0.3) is 11.8 Å². The molecule has 0 spiro atoms. The highest BCUT2D eigenvalue weighted by Gasteiger charge is 2.35. The van der Waals surface area contributed by atoms with Gasteiger partial charge in [0, 0.05) is 31.7 Å². The van der Waals surface area contributed by atoms with E-state index in [2.05, 4.69) is 0 Å². The molecule has 0 saturated heterocycles. The van der Waals surface area contributed by atoms with Crippen LogP contribution in [0.25, 0.3) is 0 Å². The number of benzene rings is 1. The monoisotopic (exact) mass is 318 g/mol. The summed E-state index contributed by atoms with van der Waals surface area (Å²) in [6.45, 7) is 5.56. The third-order valence-electron chi connectivity index (χ3n) is 4.30. The molecule has 0 N–H and O–H groups in total. The van der Waals surface area contributed by atoms with Crippen molar-refractivity contribution >= 4 is 11.8 Å². The minimum atomic E-state index is -0.949. The predicted octanol–water partition coefficient (Wildman–Crippen LogP) is 3.14. The van der Waals surface area contributed by atoms with E-state index in [1.54, 1.807) is 38.1 Å². The van der Waals surface area contributed by atoms with Crippen molar-refractivity contribution in [3.05, 3.63) is 45.5 Å². The highest BCUT2D eigenvalue weighted by atomic mass is 16.6. The van der Waals surface area contributed by atoms with Crippen LogP contribution in [0.3, 0.4) is 0 Å². The lowest BCUT2D eigenvalue weighted by molar-refractivity contribution is -0.563. The third-order valence-corrected chi connectivity index (χ3v) is 4.30. The number of nitro groups is 1. The molecule has 0 fully saturated rings. The zero-order valence-corrected chi connectivity index (χ0v) is 13.7. The first-order chi connectivity index (χ1) is 10.7. The number of carbonyl (C=O) groups is 2. The van der Waals surface area contributed by atoms with Gasteiger partial charge in [-0.25, -0.2) is 0 Å². The number of carbonyl (C=O) groups excluding carboxylic acids is 2. The van der Waals surface area contributed by atoms with Crippen molar-refractivity contribution in [1.29, 1.82) is 0 Å². The number of imide groups is 1. The molecule has 1 atom stereocenters. The molecule has 1 aromatic rings. The molecule has 1 aromatic carbocycles. The molecule has 0 unspecified atom stereocenters. The Bertz CT molecular complexity index is 604. The lowest BCUT2D eigenvalue weighted by Gasteiger charge is -2.21. The van der Waals surface area contributed by atoms with Crippen LogP contribution in [-0.2, 0) is 0 Å². The largest absolute Gasteiger partial charge is 0.274 e. The lowest BCUT2D eigenvalue weighted by atomic mass is 9.89. The number of nitrogens with zero attached hydrogens (tertiary/aromatic N) is 2. The van der Waals surface area contributed by atoms with Gasteiger partial charge in [-0.1, -0.05) is 19.1 Å². The molecule has 2 amide bonds. The molecule has 124 valence electrons. The second kappa shape index (κ2) is 6.48. The predicted molar refractivity (Wildman–Crippen MR) is 85.9 cm³/mol. The van der Waals surface area contributed by atoms with E-state index in [1.165, 1.54) is 4.90 Å². The average molecular weight is 318 g/mol. The molecule has 0 aliphatic carbocycles. The molecule has 0 radical (unpaired) electrons. The van der Waals surface area contributed by atoms with Crippen molar-refractivity contribution in [2.45, 2.75) is 45.6 Å². The van der Waals surface area contributed by atoms with Gasteiger partial charge in [-0.2, -0.15) is 0 Å². The quantitative estimate of drug-likeness (QED) is 0.439. The summed E-state index contributed by atoms with van der Waals surface area (Å²) in [6, 6.07) is 6.82. The molecular weight excluding hydrogens is 296 g/mol. The van der Waals surface area contributed by atoms with Gasteiger partial charge in [0.1, 0.15) is 0 Å². The normalized spacial score (nSPS) is 15.7. The van der Waals surface area contributed by atoms with Crippen LogP contribution in [0.2, 0.25) is 0 Å². The zero-order valence-electron chi connectivity index (χ0n) is 13.7. The van der Waals surface area contributed by atoms with Crippen molar-refractivity contribution in [2.75, 3.05) is 6.54 Å². The van der Waals surface area contributed by atoms with Crippen LogP contribution >= 0.6 is 0 Å². The SMILES string of the molecule is C[C@H](CCCN1C(=O)c2ccccc2C1=O)CC(C)(C)[N+](=O)[O-]. The summed E-state index contributed by atoms with van der Waals surface area (Å²) in [7, 11) is 0. The first-order valence-electron chi connectivity index (χ1n) is 7.84. The van der Waals surface area contributed by atoms with E-state index < -0.39 is 5.54 Å². The maximum Gasteiger partial charge on any atom is 0.261 e. The van der Waals surface area contributed by atoms with Gasteiger partial charge in [-0.05, 0) is 30.9 Å². The number of rotatable bonds is 7. The van der Waals surface area contributed by atoms with Gasteiger partial charge in [0.2, 0.25) is 5.54 Å². The maximum absolute atomic E-state index is 12.2. The van der Waals surface area contributed by atoms with Crippen molar-refractivity contribution in [3.63, 3.8) is 0 Å². The molecule has 2 rings (SSSR count). The molecule has 6 heteroatoms. The fourth-order valence-corrected chi connectivity index (χ4v) is 3.07. The molecule has 1 heterocycles. The fraction of sp³-hybridized carbons (Fsp3) is 0.529. The summed E-state index contributed by atoms with van der Waals surface area (Å²) in [4.78, 5) is 36.4. The standard InChI is InChI=1S/C17H22N2O4/c1-12(11-17(2,3)19(22)23)7-6-10-18-15(20)13-8-4-5-9-14(13)16(18)21/h4-5,8-9,12H,6-7,10-11H2,1-3H3/t12-/m1/s1. The first-order valence-corrected chi connectivity index (χ1v) is 7.84. The smallest absolute Gasteiger partial charge is 0.261 e. The van der Waals surface area contributed by atoms with Gasteiger partial charge in [-0.3, -0.25) is 24.6 Å². The van der Waals surface area contributed by atoms with Crippen LogP contribution in [-0.4, -0.2) is 33.7 Å². The number of fused-ring (bicyclic) bond motifs is 1. The molecule has 0 bridgehead atoms. The Kier molecular flexibility index (Phi) is 4.82. The van der Waals surface area contributed by atoms with E-state index in [0.717, 1.165) is 6.42 Å². The summed E-state index contributed by atoms with van der Waals surface area (Å²) < 4.78 is 0. The Hall–Kier alpha value is -2.24. The number of hydrogen-bond acceptors (Lipinski definition) is 4. The highest BCUT2D eigenvalue weighted by Crippen LogP contribution is 2.25. The Balaban J connectivity index is 1.87. The van der Waals surface area contributed by atoms with Crippen LogP contribution < -0.4 is 0 Å². The van der Waals surface area contributed by atoms with Gasteiger partial charge in [0.05, 0.1) is 11.1 Å². The Morgan fingerprint density at radius 1 is 1.17 bits per heavy atom. The first kappa shape index (κ1) is 17.1. The molecule has 0 aromatic heterocycles. The van der Waals surface area contributed by atoms with E-state index in [1.807, 2.05) is 6.92 Å². The van der Waals surface area contributed by atoms with Gasteiger partial charge < -0.3 is 0 Å². The molecular formula is C17H22N2O4. The summed E-state index contributed by atoms with van der Waals surface area (Å²) in [5.74, 6) is -0.335. The van der Waals surface area contributed by atoms with Crippen molar-refractivity contribution < 1.29 is 14.5 Å². The molecule has 1 aliphatic heterocycles. The minimum Gasteiger partial charge on any atom is -0.274 e. The van der Waals surface area contributed by atoms with E-state index in [0.29, 0.717) is 30.5 Å². The Labute approximate surface area is 135 Å². The topological polar surface area (TPSA) is 80.5 Å². The number of hydrogen-bond donors (Lipinski definition) is 0. The van der Waals surface area contributed by atoms with E-state index in [-0.39, 0.29) is 22.7 Å². The summed E-state index contributed by atoms with van der Waals surface area (Å²) in [6.07, 6.45) is 1.87. The minimum absolute atomic E-state index is 0.158. The third kappa shape index (κ3) is 3.57. The molecule has 0 saturated carbocycles. The second-order valence-corrected chi connectivity index (χ2v) is 6.83. The fourth-order valence-electron chi connectivity index (χ4n) is 3.07. The average Bonchev–Trinajstić information content (AvgIpc) is 2.72. The van der Waals surface area contributed by atoms with Crippen LogP contribution in [0.15, 0.2) is 24.3 Å². The van der Waals surface area contributed by atoms with Crippen LogP contribution in [0.1, 0.15) is 60.7 Å². The molecule has 6 nitrogen and oxygen atoms in total. The molecule has 1 aliphatic rings. The summed E-state index contributed by atoms with van der Waals surface area (Å²) in [5, 5.41) is 11.0. The summed E-state index contributed by atoms with van der Waals surface area (Å²) in [5.41, 5.74) is -0.0327. The van der Waals surface area contributed by atoms with Crippen molar-refractivity contribution in [2.24, 2.45) is 5.92 Å².